The number of aryl methyl sites for hydroxylation is 1. The number of aromatic amines is 1. The molecule has 20 heavy (non-hydrogen) atoms. The van der Waals surface area contributed by atoms with E-state index in [2.05, 4.69) is 20.7 Å². The number of carbonyl (C=O) groups is 1. The second-order valence-corrected chi connectivity index (χ2v) is 5.08. The molecule has 2 aromatic rings. The summed E-state index contributed by atoms with van der Waals surface area (Å²) >= 11 is 0. The van der Waals surface area contributed by atoms with Crippen LogP contribution >= 0.6 is 0 Å². The number of piperidine rings is 1. The molecule has 0 bridgehead atoms. The maximum Gasteiger partial charge on any atom is 0.323 e. The largest absolute Gasteiger partial charge is 0.363 e. The van der Waals surface area contributed by atoms with E-state index in [4.69, 9.17) is 4.52 Å². The highest BCUT2D eigenvalue weighted by atomic mass is 16.5. The minimum absolute atomic E-state index is 0.143. The number of anilines is 1. The zero-order chi connectivity index (χ0) is 13.9. The summed E-state index contributed by atoms with van der Waals surface area (Å²) in [7, 11) is 0. The Bertz CT molecular complexity index is 577. The van der Waals surface area contributed by atoms with E-state index in [1.807, 2.05) is 13.0 Å². The first-order chi connectivity index (χ1) is 9.72. The monoisotopic (exact) mass is 275 g/mol. The summed E-state index contributed by atoms with van der Waals surface area (Å²) in [5.41, 5.74) is 2.07. The molecular weight excluding hydrogens is 258 g/mol. The van der Waals surface area contributed by atoms with Crippen LogP contribution in [0.25, 0.3) is 0 Å². The molecule has 0 spiro atoms. The van der Waals surface area contributed by atoms with Gasteiger partial charge in [0.2, 0.25) is 0 Å². The SMILES string of the molecule is Cc1cc(C2CCCN(C(=O)Nc3ccon3)C2)n[nH]1. The number of nitrogens with one attached hydrogen (secondary N) is 2. The molecule has 2 N–H and O–H groups in total. The Morgan fingerprint density at radius 2 is 2.50 bits per heavy atom. The van der Waals surface area contributed by atoms with Gasteiger partial charge in [-0.3, -0.25) is 10.4 Å². The van der Waals surface area contributed by atoms with Crippen molar-refractivity contribution in [3.05, 3.63) is 29.8 Å². The first kappa shape index (κ1) is 12.7. The maximum absolute atomic E-state index is 12.2. The van der Waals surface area contributed by atoms with Crippen LogP contribution in [0.3, 0.4) is 0 Å². The average Bonchev–Trinajstić information content (AvgIpc) is 3.10. The Morgan fingerprint density at radius 3 is 3.20 bits per heavy atom. The van der Waals surface area contributed by atoms with Gasteiger partial charge in [-0.05, 0) is 25.8 Å². The Balaban J connectivity index is 1.64. The normalized spacial score (nSPS) is 19.1. The molecule has 3 rings (SSSR count). The number of aromatic nitrogens is 3. The van der Waals surface area contributed by atoms with Gasteiger partial charge in [0.25, 0.3) is 0 Å². The van der Waals surface area contributed by atoms with Crippen molar-refractivity contribution in [2.45, 2.75) is 25.7 Å². The lowest BCUT2D eigenvalue weighted by atomic mass is 9.95. The Hall–Kier alpha value is -2.31. The number of H-pyrrole nitrogens is 1. The quantitative estimate of drug-likeness (QED) is 0.878. The van der Waals surface area contributed by atoms with Gasteiger partial charge in [-0.2, -0.15) is 5.10 Å². The summed E-state index contributed by atoms with van der Waals surface area (Å²) in [5, 5.41) is 13.7. The van der Waals surface area contributed by atoms with Gasteiger partial charge in [0.05, 0.1) is 5.69 Å². The molecule has 7 nitrogen and oxygen atoms in total. The lowest BCUT2D eigenvalue weighted by molar-refractivity contribution is 0.192. The van der Waals surface area contributed by atoms with Gasteiger partial charge in [-0.1, -0.05) is 5.16 Å². The fourth-order valence-corrected chi connectivity index (χ4v) is 2.52. The van der Waals surface area contributed by atoms with Gasteiger partial charge >= 0.3 is 6.03 Å². The Labute approximate surface area is 116 Å². The van der Waals surface area contributed by atoms with E-state index in [1.165, 1.54) is 6.26 Å². The summed E-state index contributed by atoms with van der Waals surface area (Å²) in [6.45, 7) is 3.41. The molecule has 1 atom stereocenters. The predicted octanol–water partition coefficient (Wildman–Crippen LogP) is 2.12. The molecule has 1 unspecified atom stereocenters. The van der Waals surface area contributed by atoms with Crippen molar-refractivity contribution in [1.82, 2.24) is 20.3 Å². The number of likely N-dealkylation sites (tertiary alicyclic amines) is 1. The van der Waals surface area contributed by atoms with E-state index in [9.17, 15) is 4.79 Å². The molecule has 2 amide bonds. The maximum atomic E-state index is 12.2. The lowest BCUT2D eigenvalue weighted by Crippen LogP contribution is -2.41. The zero-order valence-electron chi connectivity index (χ0n) is 11.3. The Kier molecular flexibility index (Phi) is 3.41. The van der Waals surface area contributed by atoms with E-state index in [0.29, 0.717) is 12.4 Å². The number of rotatable bonds is 2. The minimum atomic E-state index is -0.143. The fourth-order valence-electron chi connectivity index (χ4n) is 2.52. The van der Waals surface area contributed by atoms with E-state index < -0.39 is 0 Å². The molecule has 0 aromatic carbocycles. The average molecular weight is 275 g/mol. The first-order valence-corrected chi connectivity index (χ1v) is 6.70. The van der Waals surface area contributed by atoms with E-state index in [0.717, 1.165) is 30.8 Å². The molecule has 0 saturated carbocycles. The van der Waals surface area contributed by atoms with E-state index in [1.54, 1.807) is 11.0 Å². The molecule has 1 fully saturated rings. The van der Waals surface area contributed by atoms with Gasteiger partial charge in [0.15, 0.2) is 5.82 Å². The van der Waals surface area contributed by atoms with Crippen LogP contribution in [0.4, 0.5) is 10.6 Å². The van der Waals surface area contributed by atoms with Crippen LogP contribution in [0.5, 0.6) is 0 Å². The standard InChI is InChI=1S/C13H17N5O2/c1-9-7-11(16-15-9)10-3-2-5-18(8-10)13(19)14-12-4-6-20-17-12/h4,6-7,10H,2-3,5,8H2,1H3,(H,15,16)(H,14,17,19). The topological polar surface area (TPSA) is 87.1 Å². The van der Waals surface area contributed by atoms with Crippen LogP contribution in [-0.2, 0) is 0 Å². The van der Waals surface area contributed by atoms with Gasteiger partial charge in [-0.25, -0.2) is 4.79 Å². The number of hydrogen-bond acceptors (Lipinski definition) is 4. The number of carbonyl (C=O) groups excluding carboxylic acids is 1. The third kappa shape index (κ3) is 2.66. The summed E-state index contributed by atoms with van der Waals surface area (Å²) in [6, 6.07) is 3.52. The molecular formula is C13H17N5O2. The van der Waals surface area contributed by atoms with Crippen molar-refractivity contribution in [1.29, 1.82) is 0 Å². The summed E-state index contributed by atoms with van der Waals surface area (Å²) in [6.07, 6.45) is 3.46. The lowest BCUT2D eigenvalue weighted by Gasteiger charge is -2.31. The number of hydrogen-bond donors (Lipinski definition) is 2. The van der Waals surface area contributed by atoms with E-state index in [-0.39, 0.29) is 11.9 Å². The molecule has 1 aliphatic rings. The molecule has 3 heterocycles. The van der Waals surface area contributed by atoms with Crippen LogP contribution in [-0.4, -0.2) is 39.4 Å². The number of amides is 2. The van der Waals surface area contributed by atoms with Crippen molar-refractivity contribution >= 4 is 11.8 Å². The predicted molar refractivity (Wildman–Crippen MR) is 72.4 cm³/mol. The van der Waals surface area contributed by atoms with Crippen LogP contribution < -0.4 is 5.32 Å². The van der Waals surface area contributed by atoms with Crippen molar-refractivity contribution in [2.24, 2.45) is 0 Å². The summed E-state index contributed by atoms with van der Waals surface area (Å²) in [4.78, 5) is 14.0. The van der Waals surface area contributed by atoms with Crippen LogP contribution in [0.15, 0.2) is 22.9 Å². The van der Waals surface area contributed by atoms with Crippen LogP contribution in [0.1, 0.15) is 30.1 Å². The summed E-state index contributed by atoms with van der Waals surface area (Å²) in [5.74, 6) is 0.726. The molecule has 1 saturated heterocycles. The highest BCUT2D eigenvalue weighted by molar-refractivity contribution is 5.88. The van der Waals surface area contributed by atoms with Gasteiger partial charge < -0.3 is 9.42 Å². The molecule has 2 aromatic heterocycles. The van der Waals surface area contributed by atoms with Gasteiger partial charge in [0, 0.05) is 30.8 Å². The second-order valence-electron chi connectivity index (χ2n) is 5.08. The first-order valence-electron chi connectivity index (χ1n) is 6.70. The molecule has 0 radical (unpaired) electrons. The van der Waals surface area contributed by atoms with Crippen LogP contribution in [0, 0.1) is 6.92 Å². The third-order valence-corrected chi connectivity index (χ3v) is 3.53. The smallest absolute Gasteiger partial charge is 0.323 e. The molecule has 0 aliphatic carbocycles. The highest BCUT2D eigenvalue weighted by Crippen LogP contribution is 2.26. The molecule has 106 valence electrons. The van der Waals surface area contributed by atoms with E-state index >= 15 is 0 Å². The van der Waals surface area contributed by atoms with Crippen molar-refractivity contribution in [2.75, 3.05) is 18.4 Å². The molecule has 1 aliphatic heterocycles. The van der Waals surface area contributed by atoms with Gasteiger partial charge in [-0.15, -0.1) is 0 Å². The molecule has 7 heteroatoms. The van der Waals surface area contributed by atoms with Gasteiger partial charge in [0.1, 0.15) is 6.26 Å². The minimum Gasteiger partial charge on any atom is -0.363 e. The van der Waals surface area contributed by atoms with Crippen molar-refractivity contribution in [3.8, 4) is 0 Å². The number of nitrogens with zero attached hydrogens (tertiary/aromatic N) is 3. The van der Waals surface area contributed by atoms with Crippen molar-refractivity contribution < 1.29 is 9.32 Å². The Morgan fingerprint density at radius 1 is 1.60 bits per heavy atom. The second kappa shape index (κ2) is 5.36. The summed E-state index contributed by atoms with van der Waals surface area (Å²) < 4.78 is 4.70. The number of urea groups is 1. The van der Waals surface area contributed by atoms with Crippen LogP contribution in [0.2, 0.25) is 0 Å². The van der Waals surface area contributed by atoms with Crippen molar-refractivity contribution in [3.63, 3.8) is 0 Å². The third-order valence-electron chi connectivity index (χ3n) is 3.53. The zero-order valence-corrected chi connectivity index (χ0v) is 11.3. The highest BCUT2D eigenvalue weighted by Gasteiger charge is 2.26. The fraction of sp³-hybridized carbons (Fsp3) is 0.462.